The van der Waals surface area contributed by atoms with E-state index < -0.39 is 0 Å². The van der Waals surface area contributed by atoms with Crippen LogP contribution in [0.5, 0.6) is 0 Å². The Balaban J connectivity index is 2.50. The minimum atomic E-state index is 0.0951. The zero-order valence-corrected chi connectivity index (χ0v) is 12.4. The van der Waals surface area contributed by atoms with Crippen molar-refractivity contribution in [3.63, 3.8) is 0 Å². The van der Waals surface area contributed by atoms with Gasteiger partial charge < -0.3 is 10.2 Å². The maximum absolute atomic E-state index is 11.3. The van der Waals surface area contributed by atoms with Gasteiger partial charge >= 0.3 is 0 Å². The molecule has 0 spiro atoms. The van der Waals surface area contributed by atoms with Crippen LogP contribution in [0.25, 0.3) is 0 Å². The van der Waals surface area contributed by atoms with E-state index in [0.717, 1.165) is 12.2 Å². The molecule has 1 rings (SSSR count). The minimum Gasteiger partial charge on any atom is -0.385 e. The van der Waals surface area contributed by atoms with Gasteiger partial charge in [-0.3, -0.25) is 4.79 Å². The van der Waals surface area contributed by atoms with Crippen LogP contribution in [0.1, 0.15) is 45.1 Å². The van der Waals surface area contributed by atoms with Gasteiger partial charge in [-0.2, -0.15) is 0 Å². The predicted octanol–water partition coefficient (Wildman–Crippen LogP) is 3.66. The molecule has 0 aliphatic heterocycles. The van der Waals surface area contributed by atoms with E-state index in [2.05, 4.69) is 24.4 Å². The lowest BCUT2D eigenvalue weighted by atomic mass is 10.1. The Labute approximate surface area is 117 Å². The molecule has 1 aromatic carbocycles. The number of hydrogen-bond acceptors (Lipinski definition) is 2. The summed E-state index contributed by atoms with van der Waals surface area (Å²) in [7, 11) is 1.83. The van der Waals surface area contributed by atoms with Gasteiger partial charge in [0.15, 0.2) is 0 Å². The quantitative estimate of drug-likeness (QED) is 0.725. The van der Waals surface area contributed by atoms with Crippen molar-refractivity contribution in [1.29, 1.82) is 0 Å². The normalized spacial score (nSPS) is 10.3. The number of carbonyl (C=O) groups excluding carboxylic acids is 1. The second-order valence-corrected chi connectivity index (χ2v) is 5.02. The van der Waals surface area contributed by atoms with E-state index in [1.54, 1.807) is 11.8 Å². The Bertz CT molecular complexity index is 390. The molecule has 0 aromatic heterocycles. The van der Waals surface area contributed by atoms with E-state index in [-0.39, 0.29) is 5.91 Å². The fourth-order valence-corrected chi connectivity index (χ4v) is 1.97. The topological polar surface area (TPSA) is 32.3 Å². The Morgan fingerprint density at radius 3 is 2.63 bits per heavy atom. The first-order valence-electron chi connectivity index (χ1n) is 7.18. The second-order valence-electron chi connectivity index (χ2n) is 5.02. The van der Waals surface area contributed by atoms with Crippen LogP contribution in [-0.2, 0) is 11.3 Å². The standard InChI is InChI=1S/C16H26N2O/c1-4-5-6-9-12-17-16-11-8-7-10-15(16)13-18(3)14(2)19/h7-8,10-11,17H,4-6,9,12-13H2,1-3H3. The second kappa shape index (κ2) is 8.57. The summed E-state index contributed by atoms with van der Waals surface area (Å²) < 4.78 is 0. The molecule has 3 nitrogen and oxygen atoms in total. The van der Waals surface area contributed by atoms with E-state index in [1.165, 1.54) is 31.2 Å². The van der Waals surface area contributed by atoms with Crippen molar-refractivity contribution in [3.05, 3.63) is 29.8 Å². The first-order chi connectivity index (χ1) is 9.15. The third-order valence-corrected chi connectivity index (χ3v) is 3.31. The van der Waals surface area contributed by atoms with E-state index in [4.69, 9.17) is 0 Å². The van der Waals surface area contributed by atoms with E-state index in [9.17, 15) is 4.79 Å². The number of amides is 1. The van der Waals surface area contributed by atoms with Crippen molar-refractivity contribution in [3.8, 4) is 0 Å². The lowest BCUT2D eigenvalue weighted by Gasteiger charge is -2.18. The molecule has 0 unspecified atom stereocenters. The number of unbranched alkanes of at least 4 members (excludes halogenated alkanes) is 3. The summed E-state index contributed by atoms with van der Waals surface area (Å²) in [6.07, 6.45) is 5.04. The van der Waals surface area contributed by atoms with Gasteiger partial charge in [0.1, 0.15) is 0 Å². The van der Waals surface area contributed by atoms with Gasteiger partial charge in [-0.1, -0.05) is 44.4 Å². The molecule has 3 heteroatoms. The van der Waals surface area contributed by atoms with Gasteiger partial charge in [-0.05, 0) is 18.1 Å². The van der Waals surface area contributed by atoms with Crippen molar-refractivity contribution >= 4 is 11.6 Å². The van der Waals surface area contributed by atoms with Crippen LogP contribution < -0.4 is 5.32 Å². The fraction of sp³-hybridized carbons (Fsp3) is 0.562. The summed E-state index contributed by atoms with van der Waals surface area (Å²) in [6.45, 7) is 5.48. The van der Waals surface area contributed by atoms with Crippen molar-refractivity contribution in [2.45, 2.75) is 46.1 Å². The molecular weight excluding hydrogens is 236 g/mol. The third-order valence-electron chi connectivity index (χ3n) is 3.31. The Kier molecular flexibility index (Phi) is 7.01. The number of nitrogens with one attached hydrogen (secondary N) is 1. The number of rotatable bonds is 8. The molecule has 1 amide bonds. The highest BCUT2D eigenvalue weighted by Gasteiger charge is 2.06. The van der Waals surface area contributed by atoms with Crippen LogP contribution in [0.4, 0.5) is 5.69 Å². The SMILES string of the molecule is CCCCCCNc1ccccc1CN(C)C(C)=O. The summed E-state index contributed by atoms with van der Waals surface area (Å²) in [5.74, 6) is 0.0951. The molecule has 0 aliphatic carbocycles. The molecule has 1 N–H and O–H groups in total. The number of anilines is 1. The van der Waals surface area contributed by atoms with Crippen LogP contribution in [0, 0.1) is 0 Å². The average Bonchev–Trinajstić information content (AvgIpc) is 2.40. The molecular formula is C16H26N2O. The zero-order valence-electron chi connectivity index (χ0n) is 12.4. The summed E-state index contributed by atoms with van der Waals surface area (Å²) in [5.41, 5.74) is 2.32. The molecule has 0 saturated heterocycles. The van der Waals surface area contributed by atoms with Crippen molar-refractivity contribution in [1.82, 2.24) is 4.90 Å². The molecule has 106 valence electrons. The number of carbonyl (C=O) groups is 1. The van der Waals surface area contributed by atoms with E-state index in [0.29, 0.717) is 6.54 Å². The van der Waals surface area contributed by atoms with Crippen molar-refractivity contribution < 1.29 is 4.79 Å². The van der Waals surface area contributed by atoms with Crippen LogP contribution in [0.15, 0.2) is 24.3 Å². The fourth-order valence-electron chi connectivity index (χ4n) is 1.97. The first-order valence-corrected chi connectivity index (χ1v) is 7.18. The maximum atomic E-state index is 11.3. The monoisotopic (exact) mass is 262 g/mol. The molecule has 0 atom stereocenters. The van der Waals surface area contributed by atoms with Crippen molar-refractivity contribution in [2.24, 2.45) is 0 Å². The molecule has 0 heterocycles. The summed E-state index contributed by atoms with van der Waals surface area (Å²) in [6, 6.07) is 8.22. The number of hydrogen-bond donors (Lipinski definition) is 1. The molecule has 0 bridgehead atoms. The lowest BCUT2D eigenvalue weighted by Crippen LogP contribution is -2.23. The minimum absolute atomic E-state index is 0.0951. The highest BCUT2D eigenvalue weighted by molar-refractivity contribution is 5.73. The number of benzene rings is 1. The Morgan fingerprint density at radius 1 is 1.21 bits per heavy atom. The van der Waals surface area contributed by atoms with Gasteiger partial charge in [-0.25, -0.2) is 0 Å². The van der Waals surface area contributed by atoms with Crippen LogP contribution in [0.3, 0.4) is 0 Å². The van der Waals surface area contributed by atoms with Gasteiger partial charge in [0.25, 0.3) is 0 Å². The number of nitrogens with zero attached hydrogens (tertiary/aromatic N) is 1. The summed E-state index contributed by atoms with van der Waals surface area (Å²) in [5, 5.41) is 3.48. The number of para-hydroxylation sites is 1. The van der Waals surface area contributed by atoms with E-state index in [1.807, 2.05) is 19.2 Å². The highest BCUT2D eigenvalue weighted by Crippen LogP contribution is 2.17. The molecule has 19 heavy (non-hydrogen) atoms. The van der Waals surface area contributed by atoms with Gasteiger partial charge in [0.2, 0.25) is 5.91 Å². The Hall–Kier alpha value is -1.51. The largest absolute Gasteiger partial charge is 0.385 e. The van der Waals surface area contributed by atoms with Crippen molar-refractivity contribution in [2.75, 3.05) is 18.9 Å². The molecule has 0 fully saturated rings. The maximum Gasteiger partial charge on any atom is 0.219 e. The zero-order chi connectivity index (χ0) is 14.1. The smallest absolute Gasteiger partial charge is 0.219 e. The molecule has 1 aromatic rings. The van der Waals surface area contributed by atoms with E-state index >= 15 is 0 Å². The molecule has 0 radical (unpaired) electrons. The predicted molar refractivity (Wildman–Crippen MR) is 81.2 cm³/mol. The van der Waals surface area contributed by atoms with Gasteiger partial charge in [0.05, 0.1) is 0 Å². The van der Waals surface area contributed by atoms with Crippen LogP contribution in [-0.4, -0.2) is 24.4 Å². The van der Waals surface area contributed by atoms with Gasteiger partial charge in [0, 0.05) is 32.7 Å². The lowest BCUT2D eigenvalue weighted by molar-refractivity contribution is -0.128. The first kappa shape index (κ1) is 15.5. The van der Waals surface area contributed by atoms with Gasteiger partial charge in [-0.15, -0.1) is 0 Å². The summed E-state index contributed by atoms with van der Waals surface area (Å²) in [4.78, 5) is 13.0. The molecule has 0 aliphatic rings. The van der Waals surface area contributed by atoms with Crippen LogP contribution in [0.2, 0.25) is 0 Å². The highest BCUT2D eigenvalue weighted by atomic mass is 16.2. The van der Waals surface area contributed by atoms with Crippen LogP contribution >= 0.6 is 0 Å². The molecule has 0 saturated carbocycles. The average molecular weight is 262 g/mol. The third kappa shape index (κ3) is 5.77. The Morgan fingerprint density at radius 2 is 1.95 bits per heavy atom. The summed E-state index contributed by atoms with van der Waals surface area (Å²) >= 11 is 0.